The van der Waals surface area contributed by atoms with Crippen LogP contribution in [-0.2, 0) is 14.8 Å². The molecule has 0 spiro atoms. The largest absolute Gasteiger partial charge is 0.325 e. The first-order chi connectivity index (χ1) is 11.2. The minimum atomic E-state index is -3.44. The Kier molecular flexibility index (Phi) is 6.01. The van der Waals surface area contributed by atoms with Crippen molar-refractivity contribution in [2.45, 2.75) is 25.2 Å². The van der Waals surface area contributed by atoms with Gasteiger partial charge in [-0.2, -0.15) is 0 Å². The van der Waals surface area contributed by atoms with Gasteiger partial charge in [-0.3, -0.25) is 9.69 Å². The molecule has 1 aromatic rings. The van der Waals surface area contributed by atoms with Gasteiger partial charge >= 0.3 is 0 Å². The molecule has 1 aliphatic heterocycles. The molecule has 6 nitrogen and oxygen atoms in total. The number of carbonyl (C=O) groups is 1. The highest BCUT2D eigenvalue weighted by atomic mass is 32.2. The number of hydrogen-bond acceptors (Lipinski definition) is 4. The number of likely N-dealkylation sites (tertiary alicyclic amines) is 1. The number of anilines is 1. The summed E-state index contributed by atoms with van der Waals surface area (Å²) >= 11 is 0. The number of hydrogen-bond donors (Lipinski definition) is 1. The maximum Gasteiger partial charge on any atom is 0.242 e. The zero-order valence-electron chi connectivity index (χ0n) is 14.8. The molecule has 0 saturated carbocycles. The molecule has 1 N–H and O–H groups in total. The van der Waals surface area contributed by atoms with Gasteiger partial charge in [0.2, 0.25) is 15.9 Å². The second-order valence-corrected chi connectivity index (χ2v) is 9.15. The van der Waals surface area contributed by atoms with Crippen molar-refractivity contribution >= 4 is 21.6 Å². The fourth-order valence-corrected chi connectivity index (χ4v) is 4.15. The van der Waals surface area contributed by atoms with E-state index >= 15 is 0 Å². The van der Waals surface area contributed by atoms with Crippen LogP contribution in [0.3, 0.4) is 0 Å². The van der Waals surface area contributed by atoms with Gasteiger partial charge < -0.3 is 5.32 Å². The summed E-state index contributed by atoms with van der Waals surface area (Å²) in [7, 11) is -0.461. The lowest BCUT2D eigenvalue weighted by Crippen LogP contribution is -2.42. The Hall–Kier alpha value is -1.44. The van der Waals surface area contributed by atoms with Crippen molar-refractivity contribution in [3.8, 4) is 0 Å². The summed E-state index contributed by atoms with van der Waals surface area (Å²) in [6.07, 6.45) is 1.21. The van der Waals surface area contributed by atoms with E-state index in [9.17, 15) is 13.2 Å². The zero-order chi connectivity index (χ0) is 17.9. The predicted octanol–water partition coefficient (Wildman–Crippen LogP) is 1.85. The molecule has 7 heteroatoms. The van der Waals surface area contributed by atoms with Gasteiger partial charge in [0.1, 0.15) is 0 Å². The summed E-state index contributed by atoms with van der Waals surface area (Å²) in [6, 6.07) is 6.26. The van der Waals surface area contributed by atoms with Crippen molar-refractivity contribution in [3.63, 3.8) is 0 Å². The lowest BCUT2D eigenvalue weighted by Gasteiger charge is -2.34. The summed E-state index contributed by atoms with van der Waals surface area (Å²) in [5.41, 5.74) is 0.607. The second kappa shape index (κ2) is 7.63. The number of benzene rings is 1. The highest BCUT2D eigenvalue weighted by molar-refractivity contribution is 7.89. The van der Waals surface area contributed by atoms with Crippen LogP contribution in [0.5, 0.6) is 0 Å². The van der Waals surface area contributed by atoms with E-state index in [1.807, 2.05) is 0 Å². The van der Waals surface area contributed by atoms with Crippen LogP contribution in [0.2, 0.25) is 0 Å². The SMILES string of the molecule is CC1CC(C)CN(CC(=O)Nc2ccc(S(=O)(=O)N(C)C)cc2)C1. The van der Waals surface area contributed by atoms with Gasteiger partial charge in [-0.15, -0.1) is 0 Å². The lowest BCUT2D eigenvalue weighted by molar-refractivity contribution is -0.117. The molecule has 1 heterocycles. The van der Waals surface area contributed by atoms with Gasteiger partial charge in [0, 0.05) is 32.9 Å². The monoisotopic (exact) mass is 353 g/mol. The third kappa shape index (κ3) is 4.78. The van der Waals surface area contributed by atoms with Gasteiger partial charge in [0.05, 0.1) is 11.4 Å². The van der Waals surface area contributed by atoms with E-state index in [4.69, 9.17) is 0 Å². The molecule has 24 heavy (non-hydrogen) atoms. The normalized spacial score (nSPS) is 22.5. The summed E-state index contributed by atoms with van der Waals surface area (Å²) < 4.78 is 25.2. The first kappa shape index (κ1) is 18.9. The van der Waals surface area contributed by atoms with Crippen molar-refractivity contribution in [1.82, 2.24) is 9.21 Å². The smallest absolute Gasteiger partial charge is 0.242 e. The van der Waals surface area contributed by atoms with Crippen molar-refractivity contribution in [1.29, 1.82) is 0 Å². The summed E-state index contributed by atoms with van der Waals surface area (Å²) in [4.78, 5) is 14.6. The first-order valence-corrected chi connectivity index (χ1v) is 9.67. The number of nitrogens with zero attached hydrogens (tertiary/aromatic N) is 2. The molecular formula is C17H27N3O3S. The van der Waals surface area contributed by atoms with E-state index in [2.05, 4.69) is 24.1 Å². The molecule has 0 aromatic heterocycles. The minimum Gasteiger partial charge on any atom is -0.325 e. The highest BCUT2D eigenvalue weighted by Gasteiger charge is 2.23. The Bertz CT molecular complexity index is 661. The average Bonchev–Trinajstić information content (AvgIpc) is 2.46. The molecule has 1 fully saturated rings. The molecule has 0 radical (unpaired) electrons. The fraction of sp³-hybridized carbons (Fsp3) is 0.588. The lowest BCUT2D eigenvalue weighted by atomic mass is 9.92. The fourth-order valence-electron chi connectivity index (χ4n) is 3.25. The quantitative estimate of drug-likeness (QED) is 0.877. The second-order valence-electron chi connectivity index (χ2n) is 7.00. The van der Waals surface area contributed by atoms with Crippen molar-refractivity contribution in [2.75, 3.05) is 39.0 Å². The van der Waals surface area contributed by atoms with E-state index in [0.717, 1.165) is 13.1 Å². The number of nitrogens with one attached hydrogen (secondary N) is 1. The molecule has 0 aliphatic carbocycles. The van der Waals surface area contributed by atoms with Crippen LogP contribution >= 0.6 is 0 Å². The van der Waals surface area contributed by atoms with Crippen LogP contribution < -0.4 is 5.32 Å². The molecule has 2 atom stereocenters. The molecule has 0 bridgehead atoms. The number of piperidine rings is 1. The number of rotatable bonds is 5. The summed E-state index contributed by atoms with van der Waals surface area (Å²) in [6.45, 7) is 6.68. The maximum absolute atomic E-state index is 12.2. The third-order valence-corrected chi connectivity index (χ3v) is 6.06. The van der Waals surface area contributed by atoms with E-state index in [-0.39, 0.29) is 10.8 Å². The van der Waals surface area contributed by atoms with Crippen molar-refractivity contribution in [3.05, 3.63) is 24.3 Å². The topological polar surface area (TPSA) is 69.7 Å². The standard InChI is InChI=1S/C17H27N3O3S/c1-13-9-14(2)11-20(10-13)12-17(21)18-15-5-7-16(8-6-15)24(22,23)19(3)4/h5-8,13-14H,9-12H2,1-4H3,(H,18,21). The molecule has 2 unspecified atom stereocenters. The van der Waals surface area contributed by atoms with Crippen molar-refractivity contribution < 1.29 is 13.2 Å². The number of sulfonamides is 1. The Morgan fingerprint density at radius 2 is 1.71 bits per heavy atom. The number of amides is 1. The Labute approximate surface area is 144 Å². The van der Waals surface area contributed by atoms with Crippen LogP contribution in [0.15, 0.2) is 29.2 Å². The highest BCUT2D eigenvalue weighted by Crippen LogP contribution is 2.21. The van der Waals surface area contributed by atoms with Gasteiger partial charge in [0.15, 0.2) is 0 Å². The third-order valence-electron chi connectivity index (χ3n) is 4.23. The Morgan fingerprint density at radius 1 is 1.17 bits per heavy atom. The maximum atomic E-state index is 12.2. The Morgan fingerprint density at radius 3 is 2.21 bits per heavy atom. The van der Waals surface area contributed by atoms with E-state index in [1.165, 1.54) is 37.0 Å². The molecule has 1 aromatic carbocycles. The van der Waals surface area contributed by atoms with Gasteiger partial charge in [0.25, 0.3) is 0 Å². The van der Waals surface area contributed by atoms with Gasteiger partial charge in [-0.05, 0) is 42.5 Å². The van der Waals surface area contributed by atoms with Crippen LogP contribution in [0.1, 0.15) is 20.3 Å². The van der Waals surface area contributed by atoms with Crippen LogP contribution in [-0.4, -0.2) is 57.3 Å². The predicted molar refractivity (Wildman–Crippen MR) is 95.3 cm³/mol. The van der Waals surface area contributed by atoms with Crippen molar-refractivity contribution in [2.24, 2.45) is 11.8 Å². The van der Waals surface area contributed by atoms with E-state index in [1.54, 1.807) is 12.1 Å². The van der Waals surface area contributed by atoms with Crippen LogP contribution in [0.25, 0.3) is 0 Å². The molecular weight excluding hydrogens is 326 g/mol. The molecule has 134 valence electrons. The van der Waals surface area contributed by atoms with Gasteiger partial charge in [-0.1, -0.05) is 13.8 Å². The Balaban J connectivity index is 1.95. The molecule has 1 amide bonds. The van der Waals surface area contributed by atoms with Crippen LogP contribution in [0.4, 0.5) is 5.69 Å². The molecule has 1 aliphatic rings. The zero-order valence-corrected chi connectivity index (χ0v) is 15.6. The summed E-state index contributed by atoms with van der Waals surface area (Å²) in [5.74, 6) is 1.15. The number of carbonyl (C=O) groups excluding carboxylic acids is 1. The summed E-state index contributed by atoms with van der Waals surface area (Å²) in [5, 5.41) is 2.84. The van der Waals surface area contributed by atoms with E-state index < -0.39 is 10.0 Å². The first-order valence-electron chi connectivity index (χ1n) is 8.23. The van der Waals surface area contributed by atoms with Gasteiger partial charge in [-0.25, -0.2) is 12.7 Å². The molecule has 2 rings (SSSR count). The molecule has 1 saturated heterocycles. The minimum absolute atomic E-state index is 0.0699. The van der Waals surface area contributed by atoms with E-state index in [0.29, 0.717) is 24.1 Å². The average molecular weight is 353 g/mol. The van der Waals surface area contributed by atoms with Crippen LogP contribution in [0, 0.1) is 11.8 Å².